The molecule has 0 heterocycles. The van der Waals surface area contributed by atoms with E-state index in [1.54, 1.807) is 24.3 Å². The number of carbonyl (C=O) groups excluding carboxylic acids is 1. The molecule has 0 unspecified atom stereocenters. The van der Waals surface area contributed by atoms with Crippen molar-refractivity contribution in [3.8, 4) is 11.1 Å². The van der Waals surface area contributed by atoms with Crippen molar-refractivity contribution in [3.63, 3.8) is 0 Å². The molecule has 0 spiro atoms. The predicted molar refractivity (Wildman–Crippen MR) is 110 cm³/mol. The normalized spacial score (nSPS) is 11.2. The maximum absolute atomic E-state index is 12.9. The molecule has 0 aromatic heterocycles. The summed E-state index contributed by atoms with van der Waals surface area (Å²) in [6.45, 7) is 0.222. The molecule has 5 nitrogen and oxygen atoms in total. The van der Waals surface area contributed by atoms with Gasteiger partial charge < -0.3 is 5.32 Å². The average molecular weight is 412 g/mol. The van der Waals surface area contributed by atoms with E-state index in [0.29, 0.717) is 5.56 Å². The Labute approximate surface area is 169 Å². The Morgan fingerprint density at radius 2 is 1.41 bits per heavy atom. The Morgan fingerprint density at radius 1 is 0.793 bits per heavy atom. The van der Waals surface area contributed by atoms with Gasteiger partial charge >= 0.3 is 0 Å². The van der Waals surface area contributed by atoms with Crippen LogP contribution in [0.1, 0.15) is 5.56 Å². The van der Waals surface area contributed by atoms with Crippen LogP contribution in [0.5, 0.6) is 0 Å². The number of nitrogens with one attached hydrogen (secondary N) is 2. The number of amides is 1. The van der Waals surface area contributed by atoms with E-state index in [9.17, 15) is 17.6 Å². The highest BCUT2D eigenvalue weighted by molar-refractivity contribution is 7.89. The first-order valence-corrected chi connectivity index (χ1v) is 10.6. The molecule has 2 N–H and O–H groups in total. The largest absolute Gasteiger partial charge is 0.355 e. The summed E-state index contributed by atoms with van der Waals surface area (Å²) in [7, 11) is -3.66. The van der Waals surface area contributed by atoms with Crippen LogP contribution in [0.25, 0.3) is 11.1 Å². The molecule has 0 saturated carbocycles. The van der Waals surface area contributed by atoms with E-state index in [-0.39, 0.29) is 36.1 Å². The van der Waals surface area contributed by atoms with Gasteiger partial charge in [-0.2, -0.15) is 0 Å². The zero-order valence-corrected chi connectivity index (χ0v) is 16.5. The maximum atomic E-state index is 12.9. The van der Waals surface area contributed by atoms with Crippen LogP contribution in [0.3, 0.4) is 0 Å². The van der Waals surface area contributed by atoms with Crippen molar-refractivity contribution in [1.82, 2.24) is 10.0 Å². The molecule has 7 heteroatoms. The van der Waals surface area contributed by atoms with E-state index in [1.807, 2.05) is 30.3 Å². The molecule has 0 radical (unpaired) electrons. The zero-order chi connectivity index (χ0) is 20.7. The van der Waals surface area contributed by atoms with Crippen molar-refractivity contribution in [2.24, 2.45) is 0 Å². The molecule has 3 rings (SSSR count). The second-order valence-electron chi connectivity index (χ2n) is 6.44. The number of hydrogen-bond donors (Lipinski definition) is 2. The first-order chi connectivity index (χ1) is 13.9. The number of carbonyl (C=O) groups is 1. The molecule has 0 saturated heterocycles. The third-order valence-corrected chi connectivity index (χ3v) is 5.77. The molecule has 3 aromatic rings. The minimum atomic E-state index is -3.66. The molecule has 0 aliphatic carbocycles. The van der Waals surface area contributed by atoms with Crippen LogP contribution in [0.2, 0.25) is 0 Å². The third-order valence-electron chi connectivity index (χ3n) is 4.29. The summed E-state index contributed by atoms with van der Waals surface area (Å²) in [5.41, 5.74) is 2.62. The zero-order valence-electron chi connectivity index (χ0n) is 15.6. The summed E-state index contributed by atoms with van der Waals surface area (Å²) >= 11 is 0. The van der Waals surface area contributed by atoms with Crippen LogP contribution in [0.15, 0.2) is 83.8 Å². The van der Waals surface area contributed by atoms with Crippen LogP contribution in [-0.2, 0) is 21.2 Å². The summed E-state index contributed by atoms with van der Waals surface area (Å²) in [4.78, 5) is 12.0. The molecule has 3 aromatic carbocycles. The van der Waals surface area contributed by atoms with Crippen molar-refractivity contribution < 1.29 is 17.6 Å². The summed E-state index contributed by atoms with van der Waals surface area (Å²) in [6, 6.07) is 22.0. The fraction of sp³-hybridized carbons (Fsp3) is 0.136. The third kappa shape index (κ3) is 5.97. The quantitative estimate of drug-likeness (QED) is 0.558. The Bertz CT molecular complexity index is 1050. The van der Waals surface area contributed by atoms with Crippen molar-refractivity contribution in [2.45, 2.75) is 11.3 Å². The summed E-state index contributed by atoms with van der Waals surface area (Å²) in [5.74, 6) is -0.622. The predicted octanol–water partition coefficient (Wildman–Crippen LogP) is 3.13. The summed E-state index contributed by atoms with van der Waals surface area (Å²) in [6.07, 6.45) is 0.105. The van der Waals surface area contributed by atoms with Gasteiger partial charge in [0, 0.05) is 13.1 Å². The summed E-state index contributed by atoms with van der Waals surface area (Å²) < 4.78 is 40.1. The molecule has 150 valence electrons. The van der Waals surface area contributed by atoms with E-state index in [0.717, 1.165) is 11.1 Å². The highest BCUT2D eigenvalue weighted by Crippen LogP contribution is 2.20. The average Bonchev–Trinajstić information content (AvgIpc) is 2.74. The number of sulfonamides is 1. The van der Waals surface area contributed by atoms with Crippen molar-refractivity contribution in [3.05, 3.63) is 90.2 Å². The molecular formula is C22H21FN2O3S. The SMILES string of the molecule is O=C(Cc1ccc(F)cc1)NCCNS(=O)(=O)c1ccc(-c2ccccc2)cc1. The van der Waals surface area contributed by atoms with Gasteiger partial charge in [0.15, 0.2) is 0 Å². The Morgan fingerprint density at radius 3 is 2.07 bits per heavy atom. The highest BCUT2D eigenvalue weighted by Gasteiger charge is 2.13. The lowest BCUT2D eigenvalue weighted by Crippen LogP contribution is -2.35. The van der Waals surface area contributed by atoms with E-state index >= 15 is 0 Å². The van der Waals surface area contributed by atoms with Crippen molar-refractivity contribution in [2.75, 3.05) is 13.1 Å². The number of benzene rings is 3. The van der Waals surface area contributed by atoms with E-state index in [1.165, 1.54) is 24.3 Å². The Balaban J connectivity index is 1.48. The van der Waals surface area contributed by atoms with Crippen LogP contribution in [-0.4, -0.2) is 27.4 Å². The van der Waals surface area contributed by atoms with Gasteiger partial charge in [0.1, 0.15) is 5.82 Å². The molecule has 1 amide bonds. The first kappa shape index (κ1) is 20.7. The topological polar surface area (TPSA) is 75.3 Å². The second-order valence-corrected chi connectivity index (χ2v) is 8.21. The van der Waals surface area contributed by atoms with E-state index in [4.69, 9.17) is 0 Å². The lowest BCUT2D eigenvalue weighted by molar-refractivity contribution is -0.120. The summed E-state index contributed by atoms with van der Waals surface area (Å²) in [5, 5.41) is 2.64. The van der Waals surface area contributed by atoms with Gasteiger partial charge in [0.25, 0.3) is 0 Å². The molecule has 0 bridgehead atoms. The smallest absolute Gasteiger partial charge is 0.240 e. The molecule has 0 fully saturated rings. The van der Waals surface area contributed by atoms with Gasteiger partial charge in [0.05, 0.1) is 11.3 Å². The van der Waals surface area contributed by atoms with Gasteiger partial charge in [0.2, 0.25) is 15.9 Å². The van der Waals surface area contributed by atoms with Crippen molar-refractivity contribution >= 4 is 15.9 Å². The van der Waals surface area contributed by atoms with Crippen molar-refractivity contribution in [1.29, 1.82) is 0 Å². The molecule has 29 heavy (non-hydrogen) atoms. The van der Waals surface area contributed by atoms with Crippen LogP contribution < -0.4 is 10.0 Å². The highest BCUT2D eigenvalue weighted by atomic mass is 32.2. The number of rotatable bonds is 8. The van der Waals surface area contributed by atoms with Gasteiger partial charge in [-0.05, 0) is 41.0 Å². The minimum absolute atomic E-state index is 0.0674. The van der Waals surface area contributed by atoms with Gasteiger partial charge in [-0.25, -0.2) is 17.5 Å². The minimum Gasteiger partial charge on any atom is -0.355 e. The fourth-order valence-electron chi connectivity index (χ4n) is 2.78. The van der Waals surface area contributed by atoms with E-state index in [2.05, 4.69) is 10.0 Å². The standard InChI is InChI=1S/C22H21FN2O3S/c23-20-10-6-17(7-11-20)16-22(26)24-14-15-25-29(27,28)21-12-8-19(9-13-21)18-4-2-1-3-5-18/h1-13,25H,14-16H2,(H,24,26). The Kier molecular flexibility index (Phi) is 6.74. The first-order valence-electron chi connectivity index (χ1n) is 9.10. The van der Waals surface area contributed by atoms with E-state index < -0.39 is 10.0 Å². The van der Waals surface area contributed by atoms with Crippen LogP contribution >= 0.6 is 0 Å². The number of halogens is 1. The molecule has 0 atom stereocenters. The molecular weight excluding hydrogens is 391 g/mol. The second kappa shape index (κ2) is 9.45. The lowest BCUT2D eigenvalue weighted by Gasteiger charge is -2.09. The monoisotopic (exact) mass is 412 g/mol. The van der Waals surface area contributed by atoms with Crippen LogP contribution in [0.4, 0.5) is 4.39 Å². The molecule has 0 aliphatic rings. The lowest BCUT2D eigenvalue weighted by atomic mass is 10.1. The van der Waals surface area contributed by atoms with Gasteiger partial charge in [-0.15, -0.1) is 0 Å². The Hall–Kier alpha value is -3.03. The van der Waals surface area contributed by atoms with Crippen LogP contribution in [0, 0.1) is 5.82 Å². The molecule has 0 aliphatic heterocycles. The van der Waals surface area contributed by atoms with Gasteiger partial charge in [-0.1, -0.05) is 54.6 Å². The number of hydrogen-bond acceptors (Lipinski definition) is 3. The van der Waals surface area contributed by atoms with Gasteiger partial charge in [-0.3, -0.25) is 4.79 Å². The fourth-order valence-corrected chi connectivity index (χ4v) is 3.81. The maximum Gasteiger partial charge on any atom is 0.240 e.